The maximum absolute atomic E-state index is 5.21. The summed E-state index contributed by atoms with van der Waals surface area (Å²) in [5.41, 5.74) is 2.71. The molecule has 0 radical (unpaired) electrons. The molecular formula is C17H23NOS. The van der Waals surface area contributed by atoms with Crippen molar-refractivity contribution in [3.8, 4) is 5.75 Å². The summed E-state index contributed by atoms with van der Waals surface area (Å²) in [5.74, 6) is 0.910. The molecule has 108 valence electrons. The molecule has 2 aromatic rings. The molecule has 1 atom stereocenters. The van der Waals surface area contributed by atoms with Gasteiger partial charge in [-0.25, -0.2) is 0 Å². The van der Waals surface area contributed by atoms with Gasteiger partial charge in [-0.15, -0.1) is 11.3 Å². The van der Waals surface area contributed by atoms with Gasteiger partial charge < -0.3 is 10.1 Å². The third kappa shape index (κ3) is 3.62. The van der Waals surface area contributed by atoms with E-state index in [1.807, 2.05) is 23.5 Å². The Morgan fingerprint density at radius 1 is 1.20 bits per heavy atom. The number of nitrogens with one attached hydrogen (secondary N) is 1. The second kappa shape index (κ2) is 6.91. The fraction of sp³-hybridized carbons (Fsp3) is 0.412. The van der Waals surface area contributed by atoms with Crippen molar-refractivity contribution < 1.29 is 4.74 Å². The van der Waals surface area contributed by atoms with Gasteiger partial charge in [-0.05, 0) is 49.6 Å². The lowest BCUT2D eigenvalue weighted by Gasteiger charge is -2.17. The van der Waals surface area contributed by atoms with Gasteiger partial charge >= 0.3 is 0 Å². The predicted octanol–water partition coefficient (Wildman–Crippen LogP) is 4.61. The van der Waals surface area contributed by atoms with E-state index < -0.39 is 0 Å². The highest BCUT2D eigenvalue weighted by Crippen LogP contribution is 2.23. The van der Waals surface area contributed by atoms with Crippen molar-refractivity contribution in [2.24, 2.45) is 0 Å². The average Bonchev–Trinajstić information content (AvgIpc) is 2.79. The van der Waals surface area contributed by atoms with Crippen molar-refractivity contribution in [2.75, 3.05) is 7.11 Å². The smallest absolute Gasteiger partial charge is 0.118 e. The molecule has 0 saturated carbocycles. The Bertz CT molecular complexity index is 525. The Morgan fingerprint density at radius 2 is 1.90 bits per heavy atom. The first-order valence-corrected chi connectivity index (χ1v) is 7.89. The molecule has 1 aromatic heterocycles. The Hall–Kier alpha value is -1.32. The summed E-state index contributed by atoms with van der Waals surface area (Å²) in [4.78, 5) is 2.83. The van der Waals surface area contributed by atoms with Crippen LogP contribution in [0.25, 0.3) is 0 Å². The molecule has 1 unspecified atom stereocenters. The van der Waals surface area contributed by atoms with E-state index in [2.05, 4.69) is 44.3 Å². The van der Waals surface area contributed by atoms with E-state index in [-0.39, 0.29) is 0 Å². The number of hydrogen-bond acceptors (Lipinski definition) is 3. The molecular weight excluding hydrogens is 266 g/mol. The molecule has 20 heavy (non-hydrogen) atoms. The lowest BCUT2D eigenvalue weighted by Crippen LogP contribution is -2.19. The quantitative estimate of drug-likeness (QED) is 0.838. The van der Waals surface area contributed by atoms with Crippen molar-refractivity contribution in [1.29, 1.82) is 0 Å². The highest BCUT2D eigenvalue weighted by Gasteiger charge is 2.10. The minimum atomic E-state index is 0.392. The van der Waals surface area contributed by atoms with Gasteiger partial charge in [-0.3, -0.25) is 0 Å². The van der Waals surface area contributed by atoms with Crippen molar-refractivity contribution in [3.05, 3.63) is 51.2 Å². The maximum atomic E-state index is 5.21. The zero-order chi connectivity index (χ0) is 14.5. The van der Waals surface area contributed by atoms with Crippen LogP contribution in [0.5, 0.6) is 5.75 Å². The number of rotatable bonds is 6. The second-order valence-corrected chi connectivity index (χ2v) is 6.41. The van der Waals surface area contributed by atoms with Gasteiger partial charge in [0.2, 0.25) is 0 Å². The standard InChI is InChI=1S/C17H23NOS/c1-5-17(14-6-8-15(19-4)9-7-14)18-11-16-10-12(2)13(3)20-16/h6-10,17-18H,5,11H2,1-4H3. The van der Waals surface area contributed by atoms with Gasteiger partial charge in [0.1, 0.15) is 5.75 Å². The van der Waals surface area contributed by atoms with Gasteiger partial charge in [-0.1, -0.05) is 19.1 Å². The molecule has 1 aromatic carbocycles. The van der Waals surface area contributed by atoms with E-state index >= 15 is 0 Å². The van der Waals surface area contributed by atoms with Gasteiger partial charge in [-0.2, -0.15) is 0 Å². The Kier molecular flexibility index (Phi) is 5.21. The predicted molar refractivity (Wildman–Crippen MR) is 86.7 cm³/mol. The summed E-state index contributed by atoms with van der Waals surface area (Å²) in [6.45, 7) is 7.51. The number of ether oxygens (including phenoxy) is 1. The highest BCUT2D eigenvalue weighted by molar-refractivity contribution is 7.12. The summed E-state index contributed by atoms with van der Waals surface area (Å²) < 4.78 is 5.21. The topological polar surface area (TPSA) is 21.3 Å². The number of thiophene rings is 1. The SMILES string of the molecule is CCC(NCc1cc(C)c(C)s1)c1ccc(OC)cc1. The number of hydrogen-bond donors (Lipinski definition) is 1. The lowest BCUT2D eigenvalue weighted by atomic mass is 10.0. The van der Waals surface area contributed by atoms with Gasteiger partial charge in [0.05, 0.1) is 7.11 Å². The average molecular weight is 289 g/mol. The summed E-state index contributed by atoms with van der Waals surface area (Å²) in [6.07, 6.45) is 1.08. The summed E-state index contributed by atoms with van der Waals surface area (Å²) in [5, 5.41) is 3.65. The lowest BCUT2D eigenvalue weighted by molar-refractivity contribution is 0.414. The highest BCUT2D eigenvalue weighted by atomic mass is 32.1. The summed E-state index contributed by atoms with van der Waals surface area (Å²) >= 11 is 1.89. The molecule has 1 N–H and O–H groups in total. The molecule has 0 amide bonds. The third-order valence-corrected chi connectivity index (χ3v) is 4.82. The van der Waals surface area contributed by atoms with Crippen LogP contribution in [-0.2, 0) is 6.54 Å². The summed E-state index contributed by atoms with van der Waals surface area (Å²) in [7, 11) is 1.70. The van der Waals surface area contributed by atoms with E-state index in [0.29, 0.717) is 6.04 Å². The van der Waals surface area contributed by atoms with Crippen LogP contribution in [0, 0.1) is 13.8 Å². The summed E-state index contributed by atoms with van der Waals surface area (Å²) in [6, 6.07) is 11.0. The van der Waals surface area contributed by atoms with Crippen LogP contribution in [0.4, 0.5) is 0 Å². The maximum Gasteiger partial charge on any atom is 0.118 e. The number of aryl methyl sites for hydroxylation is 2. The Balaban J connectivity index is 2.00. The van der Waals surface area contributed by atoms with E-state index in [1.165, 1.54) is 20.9 Å². The number of methoxy groups -OCH3 is 1. The molecule has 0 fully saturated rings. The third-order valence-electron chi connectivity index (χ3n) is 3.67. The van der Waals surface area contributed by atoms with Crippen LogP contribution in [0.1, 0.15) is 40.3 Å². The molecule has 3 heteroatoms. The van der Waals surface area contributed by atoms with Crippen molar-refractivity contribution >= 4 is 11.3 Å². The molecule has 0 bridgehead atoms. The van der Waals surface area contributed by atoms with Crippen molar-refractivity contribution in [1.82, 2.24) is 5.32 Å². The van der Waals surface area contributed by atoms with E-state index in [9.17, 15) is 0 Å². The Labute approximate surface area is 125 Å². The fourth-order valence-corrected chi connectivity index (χ4v) is 3.30. The molecule has 0 spiro atoms. The fourth-order valence-electron chi connectivity index (χ4n) is 2.29. The first-order chi connectivity index (χ1) is 9.63. The van der Waals surface area contributed by atoms with Gasteiger partial charge in [0.15, 0.2) is 0 Å². The first kappa shape index (κ1) is 15.1. The first-order valence-electron chi connectivity index (χ1n) is 7.07. The number of benzene rings is 1. The van der Waals surface area contributed by atoms with Crippen molar-refractivity contribution in [2.45, 2.75) is 39.8 Å². The molecule has 0 aliphatic heterocycles. The monoisotopic (exact) mass is 289 g/mol. The van der Waals surface area contributed by atoms with Crippen LogP contribution in [0.2, 0.25) is 0 Å². The second-order valence-electron chi connectivity index (χ2n) is 5.07. The molecule has 0 aliphatic carbocycles. The largest absolute Gasteiger partial charge is 0.497 e. The molecule has 1 heterocycles. The van der Waals surface area contributed by atoms with E-state index in [1.54, 1.807) is 7.11 Å². The molecule has 2 nitrogen and oxygen atoms in total. The van der Waals surface area contributed by atoms with Crippen molar-refractivity contribution in [3.63, 3.8) is 0 Å². The van der Waals surface area contributed by atoms with Crippen LogP contribution >= 0.6 is 11.3 Å². The minimum absolute atomic E-state index is 0.392. The normalized spacial score (nSPS) is 12.4. The minimum Gasteiger partial charge on any atom is -0.497 e. The van der Waals surface area contributed by atoms with Crippen LogP contribution < -0.4 is 10.1 Å². The zero-order valence-corrected chi connectivity index (χ0v) is 13.5. The Morgan fingerprint density at radius 3 is 2.40 bits per heavy atom. The van der Waals surface area contributed by atoms with E-state index in [4.69, 9.17) is 4.74 Å². The molecule has 2 rings (SSSR count). The molecule has 0 saturated heterocycles. The van der Waals surface area contributed by atoms with Crippen LogP contribution in [-0.4, -0.2) is 7.11 Å². The van der Waals surface area contributed by atoms with Gasteiger partial charge in [0.25, 0.3) is 0 Å². The van der Waals surface area contributed by atoms with Crippen LogP contribution in [0.15, 0.2) is 30.3 Å². The zero-order valence-electron chi connectivity index (χ0n) is 12.7. The van der Waals surface area contributed by atoms with E-state index in [0.717, 1.165) is 18.7 Å². The van der Waals surface area contributed by atoms with Gasteiger partial charge in [0, 0.05) is 22.3 Å². The molecule has 0 aliphatic rings. The van der Waals surface area contributed by atoms with Crippen LogP contribution in [0.3, 0.4) is 0 Å².